The summed E-state index contributed by atoms with van der Waals surface area (Å²) < 4.78 is 0. The Morgan fingerprint density at radius 1 is 1.18 bits per heavy atom. The van der Waals surface area contributed by atoms with E-state index in [-0.39, 0.29) is 11.8 Å². The van der Waals surface area contributed by atoms with Crippen LogP contribution in [0.3, 0.4) is 0 Å². The van der Waals surface area contributed by atoms with Crippen LogP contribution >= 0.6 is 0 Å². The molecule has 2 amide bonds. The molecule has 0 aromatic heterocycles. The lowest BCUT2D eigenvalue weighted by atomic mass is 10.0. The Kier molecular flexibility index (Phi) is 4.05. The standard InChI is InChI=1S/C17H23N3O2/c1-12(21)19-8-14-10-20(11-15(14)9-19)16-4-2-3-13(7-16)5-6-17(18)22/h2-4,7,14-15H,5-6,8-11H2,1H3,(H2,18,22). The summed E-state index contributed by atoms with van der Waals surface area (Å²) >= 11 is 0. The van der Waals surface area contributed by atoms with Crippen molar-refractivity contribution in [1.82, 2.24) is 4.90 Å². The molecule has 2 heterocycles. The van der Waals surface area contributed by atoms with E-state index in [0.29, 0.717) is 24.7 Å². The maximum atomic E-state index is 11.5. The van der Waals surface area contributed by atoms with Crippen LogP contribution in [0.2, 0.25) is 0 Å². The molecule has 2 fully saturated rings. The molecule has 2 atom stereocenters. The Morgan fingerprint density at radius 3 is 2.45 bits per heavy atom. The number of benzene rings is 1. The molecule has 118 valence electrons. The van der Waals surface area contributed by atoms with E-state index in [1.165, 1.54) is 5.69 Å². The minimum Gasteiger partial charge on any atom is -0.371 e. The van der Waals surface area contributed by atoms with Gasteiger partial charge < -0.3 is 15.5 Å². The molecule has 2 aliphatic heterocycles. The lowest BCUT2D eigenvalue weighted by Gasteiger charge is -2.23. The fourth-order valence-electron chi connectivity index (χ4n) is 3.64. The van der Waals surface area contributed by atoms with Crippen molar-refractivity contribution in [3.8, 4) is 0 Å². The van der Waals surface area contributed by atoms with E-state index in [4.69, 9.17) is 5.73 Å². The second-order valence-corrected chi connectivity index (χ2v) is 6.49. The van der Waals surface area contributed by atoms with Gasteiger partial charge in [-0.2, -0.15) is 0 Å². The van der Waals surface area contributed by atoms with Gasteiger partial charge in [-0.05, 0) is 24.1 Å². The molecule has 22 heavy (non-hydrogen) atoms. The van der Waals surface area contributed by atoms with Crippen LogP contribution < -0.4 is 10.6 Å². The second kappa shape index (κ2) is 5.99. The number of likely N-dealkylation sites (tertiary alicyclic amines) is 1. The van der Waals surface area contributed by atoms with Gasteiger partial charge in [-0.25, -0.2) is 0 Å². The molecular formula is C17H23N3O2. The molecule has 1 aromatic rings. The van der Waals surface area contributed by atoms with Crippen LogP contribution in [0.4, 0.5) is 5.69 Å². The Labute approximate surface area is 131 Å². The van der Waals surface area contributed by atoms with E-state index in [1.807, 2.05) is 17.0 Å². The zero-order chi connectivity index (χ0) is 15.7. The fraction of sp³-hybridized carbons (Fsp3) is 0.529. The van der Waals surface area contributed by atoms with Crippen molar-refractivity contribution >= 4 is 17.5 Å². The number of hydrogen-bond donors (Lipinski definition) is 1. The van der Waals surface area contributed by atoms with Crippen molar-refractivity contribution in [2.45, 2.75) is 19.8 Å². The quantitative estimate of drug-likeness (QED) is 0.903. The highest BCUT2D eigenvalue weighted by atomic mass is 16.2. The van der Waals surface area contributed by atoms with Gasteiger partial charge in [0.05, 0.1) is 0 Å². The number of rotatable bonds is 4. The zero-order valence-corrected chi connectivity index (χ0v) is 13.0. The molecule has 2 aliphatic rings. The van der Waals surface area contributed by atoms with E-state index < -0.39 is 0 Å². The van der Waals surface area contributed by atoms with Crippen molar-refractivity contribution in [3.63, 3.8) is 0 Å². The molecule has 5 nitrogen and oxygen atoms in total. The topological polar surface area (TPSA) is 66.6 Å². The van der Waals surface area contributed by atoms with E-state index in [1.54, 1.807) is 6.92 Å². The highest BCUT2D eigenvalue weighted by molar-refractivity contribution is 5.74. The highest BCUT2D eigenvalue weighted by Crippen LogP contribution is 2.34. The first-order valence-corrected chi connectivity index (χ1v) is 7.90. The average molecular weight is 301 g/mol. The first-order valence-electron chi connectivity index (χ1n) is 7.90. The summed E-state index contributed by atoms with van der Waals surface area (Å²) in [5.41, 5.74) is 7.58. The first kappa shape index (κ1) is 14.9. The Bertz CT molecular complexity index is 573. The summed E-state index contributed by atoms with van der Waals surface area (Å²) in [6, 6.07) is 8.37. The number of carbonyl (C=O) groups is 2. The van der Waals surface area contributed by atoms with Crippen LogP contribution in [0.25, 0.3) is 0 Å². The molecule has 0 spiro atoms. The summed E-state index contributed by atoms with van der Waals surface area (Å²) in [4.78, 5) is 26.8. The predicted octanol–water partition coefficient (Wildman–Crippen LogP) is 1.02. The molecule has 2 saturated heterocycles. The number of anilines is 1. The van der Waals surface area contributed by atoms with Crippen LogP contribution in [0.15, 0.2) is 24.3 Å². The molecule has 5 heteroatoms. The number of nitrogens with zero attached hydrogens (tertiary/aromatic N) is 2. The zero-order valence-electron chi connectivity index (χ0n) is 13.0. The lowest BCUT2D eigenvalue weighted by Crippen LogP contribution is -2.31. The maximum absolute atomic E-state index is 11.5. The number of carbonyl (C=O) groups excluding carboxylic acids is 2. The SMILES string of the molecule is CC(=O)N1CC2CN(c3cccc(CCC(N)=O)c3)CC2C1. The third kappa shape index (κ3) is 3.08. The third-order valence-electron chi connectivity index (χ3n) is 4.87. The molecule has 2 N–H and O–H groups in total. The Morgan fingerprint density at radius 2 is 1.86 bits per heavy atom. The average Bonchev–Trinajstić information content (AvgIpc) is 3.04. The van der Waals surface area contributed by atoms with Gasteiger partial charge in [-0.1, -0.05) is 12.1 Å². The summed E-state index contributed by atoms with van der Waals surface area (Å²) in [6.07, 6.45) is 1.09. The van der Waals surface area contributed by atoms with Gasteiger partial charge in [0.1, 0.15) is 0 Å². The van der Waals surface area contributed by atoms with Gasteiger partial charge in [0, 0.05) is 57.0 Å². The maximum Gasteiger partial charge on any atom is 0.219 e. The summed E-state index contributed by atoms with van der Waals surface area (Å²) in [5, 5.41) is 0. The molecule has 0 saturated carbocycles. The van der Waals surface area contributed by atoms with Crippen LogP contribution in [0.1, 0.15) is 18.9 Å². The van der Waals surface area contributed by atoms with E-state index in [0.717, 1.165) is 31.7 Å². The Balaban J connectivity index is 1.63. The first-order chi connectivity index (χ1) is 10.5. The number of amides is 2. The lowest BCUT2D eigenvalue weighted by molar-refractivity contribution is -0.128. The van der Waals surface area contributed by atoms with Gasteiger partial charge in [0.25, 0.3) is 0 Å². The van der Waals surface area contributed by atoms with Gasteiger partial charge in [-0.15, -0.1) is 0 Å². The summed E-state index contributed by atoms with van der Waals surface area (Å²) in [5.74, 6) is 1.09. The molecule has 0 aliphatic carbocycles. The third-order valence-corrected chi connectivity index (χ3v) is 4.87. The van der Waals surface area contributed by atoms with E-state index in [9.17, 15) is 9.59 Å². The van der Waals surface area contributed by atoms with E-state index >= 15 is 0 Å². The smallest absolute Gasteiger partial charge is 0.219 e. The number of aryl methyl sites for hydroxylation is 1. The van der Waals surface area contributed by atoms with Crippen molar-refractivity contribution in [2.24, 2.45) is 17.6 Å². The number of nitrogens with two attached hydrogens (primary N) is 1. The largest absolute Gasteiger partial charge is 0.371 e. The van der Waals surface area contributed by atoms with Gasteiger partial charge in [0.15, 0.2) is 0 Å². The predicted molar refractivity (Wildman–Crippen MR) is 85.4 cm³/mol. The van der Waals surface area contributed by atoms with Crippen molar-refractivity contribution in [1.29, 1.82) is 0 Å². The second-order valence-electron chi connectivity index (χ2n) is 6.49. The van der Waals surface area contributed by atoms with Gasteiger partial charge in [0.2, 0.25) is 11.8 Å². The Hall–Kier alpha value is -2.04. The van der Waals surface area contributed by atoms with Crippen LogP contribution in [-0.4, -0.2) is 42.9 Å². The minimum absolute atomic E-state index is 0.189. The molecular weight excluding hydrogens is 278 g/mol. The van der Waals surface area contributed by atoms with Crippen molar-refractivity contribution < 1.29 is 9.59 Å². The monoisotopic (exact) mass is 301 g/mol. The summed E-state index contributed by atoms with van der Waals surface area (Å²) in [6.45, 7) is 5.44. The number of hydrogen-bond acceptors (Lipinski definition) is 3. The van der Waals surface area contributed by atoms with Gasteiger partial charge >= 0.3 is 0 Å². The van der Waals surface area contributed by atoms with Gasteiger partial charge in [-0.3, -0.25) is 9.59 Å². The molecule has 1 aromatic carbocycles. The number of primary amides is 1. The normalized spacial score (nSPS) is 23.7. The number of fused-ring (bicyclic) bond motifs is 1. The molecule has 3 rings (SSSR count). The summed E-state index contributed by atoms with van der Waals surface area (Å²) in [7, 11) is 0. The fourth-order valence-corrected chi connectivity index (χ4v) is 3.64. The van der Waals surface area contributed by atoms with Crippen LogP contribution in [0.5, 0.6) is 0 Å². The molecule has 2 unspecified atom stereocenters. The highest BCUT2D eigenvalue weighted by Gasteiger charge is 2.40. The van der Waals surface area contributed by atoms with Crippen molar-refractivity contribution in [2.75, 3.05) is 31.1 Å². The molecule has 0 radical (unpaired) electrons. The van der Waals surface area contributed by atoms with E-state index in [2.05, 4.69) is 17.0 Å². The van der Waals surface area contributed by atoms with Crippen molar-refractivity contribution in [3.05, 3.63) is 29.8 Å². The van der Waals surface area contributed by atoms with Crippen LogP contribution in [-0.2, 0) is 16.0 Å². The van der Waals surface area contributed by atoms with Crippen LogP contribution in [0, 0.1) is 11.8 Å². The minimum atomic E-state index is -0.259. The molecule has 0 bridgehead atoms.